The highest BCUT2D eigenvalue weighted by Gasteiger charge is 2.44. The van der Waals surface area contributed by atoms with Gasteiger partial charge in [-0.25, -0.2) is 22.4 Å². The van der Waals surface area contributed by atoms with Crippen LogP contribution in [0.5, 0.6) is 0 Å². The average Bonchev–Trinajstić information content (AvgIpc) is 3.00. The minimum absolute atomic E-state index is 0.0259. The van der Waals surface area contributed by atoms with Crippen molar-refractivity contribution in [1.29, 1.82) is 0 Å². The zero-order valence-corrected chi connectivity index (χ0v) is 14.4. The van der Waals surface area contributed by atoms with Gasteiger partial charge in [-0.1, -0.05) is 11.8 Å². The summed E-state index contributed by atoms with van der Waals surface area (Å²) < 4.78 is 58.3. The fourth-order valence-corrected chi connectivity index (χ4v) is 3.30. The predicted molar refractivity (Wildman–Crippen MR) is 90.2 cm³/mol. The van der Waals surface area contributed by atoms with Crippen molar-refractivity contribution in [3.05, 3.63) is 65.0 Å². The van der Waals surface area contributed by atoms with E-state index in [9.17, 15) is 22.4 Å². The van der Waals surface area contributed by atoms with E-state index in [1.807, 2.05) is 0 Å². The molecule has 4 rings (SSSR count). The van der Waals surface area contributed by atoms with Crippen LogP contribution in [-0.2, 0) is 4.74 Å². The summed E-state index contributed by atoms with van der Waals surface area (Å²) in [6.07, 6.45) is 0.669. The molecule has 1 amide bonds. The third-order valence-corrected chi connectivity index (χ3v) is 4.71. The molecule has 144 valence electrons. The summed E-state index contributed by atoms with van der Waals surface area (Å²) in [6.45, 7) is 0. The molecule has 2 heterocycles. The third-order valence-electron chi connectivity index (χ3n) is 4.71. The van der Waals surface area contributed by atoms with Gasteiger partial charge in [-0.3, -0.25) is 4.98 Å². The number of hydrogen-bond donors (Lipinski definition) is 1. The van der Waals surface area contributed by atoms with E-state index >= 15 is 0 Å². The van der Waals surface area contributed by atoms with Crippen LogP contribution in [-0.4, -0.2) is 17.0 Å². The number of cyclic esters (lactones) is 1. The second kappa shape index (κ2) is 6.82. The first kappa shape index (κ1) is 18.3. The summed E-state index contributed by atoms with van der Waals surface area (Å²) in [5.74, 6) is 1.02. The summed E-state index contributed by atoms with van der Waals surface area (Å²) in [4.78, 5) is 15.8. The van der Waals surface area contributed by atoms with Gasteiger partial charge >= 0.3 is 6.09 Å². The largest absolute Gasteiger partial charge is 0.439 e. The Labute approximate surface area is 157 Å². The number of hydrogen-bond acceptors (Lipinski definition) is 3. The lowest BCUT2D eigenvalue weighted by Crippen LogP contribution is -2.34. The van der Waals surface area contributed by atoms with Crippen molar-refractivity contribution in [2.45, 2.75) is 30.9 Å². The maximum Gasteiger partial charge on any atom is 0.408 e. The molecule has 2 aromatic rings. The fourth-order valence-electron chi connectivity index (χ4n) is 3.30. The molecule has 2 fully saturated rings. The molecule has 0 radical (unpaired) electrons. The summed E-state index contributed by atoms with van der Waals surface area (Å²) in [5, 5.41) is 2.58. The van der Waals surface area contributed by atoms with E-state index in [2.05, 4.69) is 22.1 Å². The van der Waals surface area contributed by atoms with Crippen LogP contribution in [0.15, 0.2) is 36.7 Å². The number of nitrogens with zero attached hydrogens (tertiary/aromatic N) is 1. The highest BCUT2D eigenvalue weighted by Crippen LogP contribution is 2.42. The van der Waals surface area contributed by atoms with Crippen LogP contribution in [0.1, 0.15) is 41.7 Å². The summed E-state index contributed by atoms with van der Waals surface area (Å²) >= 11 is 0. The Bertz CT molecular complexity index is 991. The number of amides is 1. The Kier molecular flexibility index (Phi) is 4.46. The lowest BCUT2D eigenvalue weighted by Gasteiger charge is -2.31. The van der Waals surface area contributed by atoms with Crippen molar-refractivity contribution in [2.75, 3.05) is 0 Å². The lowest BCUT2D eigenvalue weighted by atomic mass is 9.82. The SMILES string of the molecule is O=C1N[C@H](c2cncc(C#CC3CC(F)(F)C3)c2)[C@@H](c2ccc(F)cc2F)O1. The van der Waals surface area contributed by atoms with Gasteiger partial charge in [0.2, 0.25) is 0 Å². The summed E-state index contributed by atoms with van der Waals surface area (Å²) in [7, 11) is 0. The number of nitrogens with one attached hydrogen (secondary N) is 1. The Hall–Kier alpha value is -3.08. The first-order valence-corrected chi connectivity index (χ1v) is 8.57. The van der Waals surface area contributed by atoms with Crippen molar-refractivity contribution < 1.29 is 27.1 Å². The van der Waals surface area contributed by atoms with Crippen LogP contribution in [0.2, 0.25) is 0 Å². The maximum atomic E-state index is 14.2. The minimum Gasteiger partial charge on any atom is -0.439 e. The van der Waals surface area contributed by atoms with E-state index in [0.717, 1.165) is 6.07 Å². The van der Waals surface area contributed by atoms with Crippen LogP contribution in [0, 0.1) is 29.4 Å². The third kappa shape index (κ3) is 3.65. The van der Waals surface area contributed by atoms with Gasteiger partial charge in [-0.15, -0.1) is 0 Å². The van der Waals surface area contributed by atoms with Gasteiger partial charge < -0.3 is 10.1 Å². The number of rotatable bonds is 2. The van der Waals surface area contributed by atoms with Crippen molar-refractivity contribution in [3.63, 3.8) is 0 Å². The van der Waals surface area contributed by atoms with Crippen LogP contribution in [0.3, 0.4) is 0 Å². The molecule has 4 nitrogen and oxygen atoms in total. The fraction of sp³-hybridized carbons (Fsp3) is 0.300. The van der Waals surface area contributed by atoms with Crippen LogP contribution < -0.4 is 5.32 Å². The number of halogens is 4. The lowest BCUT2D eigenvalue weighted by molar-refractivity contribution is -0.0936. The van der Waals surface area contributed by atoms with Gasteiger partial charge in [0, 0.05) is 48.3 Å². The molecule has 8 heteroatoms. The van der Waals surface area contributed by atoms with E-state index in [-0.39, 0.29) is 24.3 Å². The highest BCUT2D eigenvalue weighted by molar-refractivity contribution is 5.71. The van der Waals surface area contributed by atoms with Gasteiger partial charge in [0.15, 0.2) is 6.10 Å². The number of pyridine rings is 1. The van der Waals surface area contributed by atoms with Gasteiger partial charge in [0.05, 0.1) is 0 Å². The predicted octanol–water partition coefficient (Wildman–Crippen LogP) is 4.28. The monoisotopic (exact) mass is 390 g/mol. The van der Waals surface area contributed by atoms with Gasteiger partial charge in [-0.05, 0) is 23.8 Å². The molecule has 1 N–H and O–H groups in total. The number of alkyl carbamates (subject to hydrolysis) is 1. The molecule has 1 aliphatic heterocycles. The minimum atomic E-state index is -2.64. The van der Waals surface area contributed by atoms with E-state index in [4.69, 9.17) is 4.74 Å². The number of ether oxygens (including phenoxy) is 1. The van der Waals surface area contributed by atoms with Crippen LogP contribution >= 0.6 is 0 Å². The first-order chi connectivity index (χ1) is 13.3. The Morgan fingerprint density at radius 3 is 2.68 bits per heavy atom. The molecule has 1 saturated heterocycles. The van der Waals surface area contributed by atoms with Crippen molar-refractivity contribution >= 4 is 6.09 Å². The van der Waals surface area contributed by atoms with Gasteiger partial charge in [0.1, 0.15) is 17.7 Å². The molecular formula is C20H14F4N2O2. The Morgan fingerprint density at radius 2 is 1.96 bits per heavy atom. The quantitative estimate of drug-likeness (QED) is 0.615. The van der Waals surface area contributed by atoms with E-state index in [1.165, 1.54) is 18.5 Å². The Morgan fingerprint density at radius 1 is 1.18 bits per heavy atom. The standard InChI is InChI=1S/C20H14F4N2O2/c21-14-3-4-15(16(22)6-14)18-17(26-19(27)28-18)13-5-11(9-25-10-13)1-2-12-7-20(23,24)8-12/h3-6,9-10,12,17-18H,7-8H2,(H,26,27)/t17-,18-/m1/s1. The molecule has 2 aliphatic rings. The van der Waals surface area contributed by atoms with Crippen LogP contribution in [0.4, 0.5) is 22.4 Å². The highest BCUT2D eigenvalue weighted by atomic mass is 19.3. The van der Waals surface area contributed by atoms with Crippen molar-refractivity contribution in [1.82, 2.24) is 10.3 Å². The van der Waals surface area contributed by atoms with Crippen molar-refractivity contribution in [2.24, 2.45) is 5.92 Å². The molecule has 0 spiro atoms. The smallest absolute Gasteiger partial charge is 0.408 e. The van der Waals surface area contributed by atoms with E-state index in [1.54, 1.807) is 6.07 Å². The first-order valence-electron chi connectivity index (χ1n) is 8.57. The summed E-state index contributed by atoms with van der Waals surface area (Å²) in [6, 6.07) is 3.89. The number of alkyl halides is 2. The normalized spacial score (nSPS) is 23.2. The van der Waals surface area contributed by atoms with Crippen molar-refractivity contribution in [3.8, 4) is 11.8 Å². The van der Waals surface area contributed by atoms with E-state index in [0.29, 0.717) is 17.2 Å². The second-order valence-corrected chi connectivity index (χ2v) is 6.85. The van der Waals surface area contributed by atoms with Gasteiger partial charge in [0.25, 0.3) is 5.92 Å². The second-order valence-electron chi connectivity index (χ2n) is 6.85. The van der Waals surface area contributed by atoms with Gasteiger partial charge in [-0.2, -0.15) is 0 Å². The molecular weight excluding hydrogens is 376 g/mol. The molecule has 2 atom stereocenters. The molecule has 1 aromatic carbocycles. The zero-order chi connectivity index (χ0) is 19.9. The Balaban J connectivity index is 1.59. The molecule has 0 bridgehead atoms. The molecule has 28 heavy (non-hydrogen) atoms. The zero-order valence-electron chi connectivity index (χ0n) is 14.4. The molecule has 0 unspecified atom stereocenters. The summed E-state index contributed by atoms with van der Waals surface area (Å²) in [5.41, 5.74) is 1.01. The van der Waals surface area contributed by atoms with E-state index < -0.39 is 35.8 Å². The average molecular weight is 390 g/mol. The molecule has 1 aromatic heterocycles. The molecule has 1 aliphatic carbocycles. The van der Waals surface area contributed by atoms with Crippen LogP contribution in [0.25, 0.3) is 0 Å². The number of carbonyl (C=O) groups excluding carboxylic acids is 1. The molecule has 1 saturated carbocycles. The topological polar surface area (TPSA) is 51.2 Å². The maximum absolute atomic E-state index is 14.2. The number of benzene rings is 1. The number of carbonyl (C=O) groups is 1. The number of aromatic nitrogens is 1.